The van der Waals surface area contributed by atoms with Gasteiger partial charge in [0.05, 0.1) is 44.8 Å². The number of hydrogen-bond acceptors (Lipinski definition) is 2. The van der Waals surface area contributed by atoms with E-state index in [4.69, 9.17) is 9.97 Å². The maximum absolute atomic E-state index is 5.45. The molecule has 0 aliphatic carbocycles. The normalized spacial score (nSPS) is 11.6. The van der Waals surface area contributed by atoms with Gasteiger partial charge < -0.3 is 9.13 Å². The lowest BCUT2D eigenvalue weighted by Gasteiger charge is -2.20. The third kappa shape index (κ3) is 9.87. The number of fused-ring (bicyclic) bond motifs is 6. The van der Waals surface area contributed by atoms with Crippen LogP contribution >= 0.6 is 0 Å². The van der Waals surface area contributed by atoms with E-state index >= 15 is 0 Å². The van der Waals surface area contributed by atoms with E-state index in [1.807, 2.05) is 0 Å². The molecule has 0 spiro atoms. The second-order valence-electron chi connectivity index (χ2n) is 24.5. The van der Waals surface area contributed by atoms with E-state index in [1.54, 1.807) is 0 Å². The summed E-state index contributed by atoms with van der Waals surface area (Å²) in [6.07, 6.45) is 0. The molecule has 88 heavy (non-hydrogen) atoms. The summed E-state index contributed by atoms with van der Waals surface area (Å²) in [6.45, 7) is 17.5. The van der Waals surface area contributed by atoms with Crippen molar-refractivity contribution in [1.82, 2.24) is 19.1 Å². The van der Waals surface area contributed by atoms with Crippen LogP contribution in [0.4, 0.5) is 0 Å². The predicted octanol–water partition coefficient (Wildman–Crippen LogP) is 22.5. The molecule has 0 fully saturated rings. The van der Waals surface area contributed by atoms with Crippen molar-refractivity contribution in [3.8, 4) is 101 Å². The lowest BCUT2D eigenvalue weighted by atomic mass is 9.97. The Morgan fingerprint density at radius 3 is 0.875 bits per heavy atom. The van der Waals surface area contributed by atoms with Crippen LogP contribution in [-0.2, 0) is 0 Å². The molecule has 15 aromatic rings. The summed E-state index contributed by atoms with van der Waals surface area (Å²) >= 11 is 0. The summed E-state index contributed by atoms with van der Waals surface area (Å²) in [6, 6.07) is 94.7. The summed E-state index contributed by atoms with van der Waals surface area (Å²) in [4.78, 5) is 10.9. The highest BCUT2D eigenvalue weighted by atomic mass is 15.0. The molecule has 0 atom stereocenters. The Labute approximate surface area is 515 Å². The van der Waals surface area contributed by atoms with Crippen LogP contribution in [0, 0.1) is 55.4 Å². The molecule has 3 aromatic heterocycles. The largest absolute Gasteiger partial charge is 0.309 e. The Balaban J connectivity index is 1.02. The van der Waals surface area contributed by atoms with Crippen LogP contribution in [0.5, 0.6) is 0 Å². The standard InChI is InChI=1S/C84H66N4/c1-51-33-52(2)38-66(37-51)61-23-28-80-72(45-61)73-46-62(67-39-53(3)34-54(4)40-67)24-29-81(73)87(80)78-22-16-15-21-70(78)71-49-65(84-85-76(59-17-11-9-12-18-59)50-77(86-84)60-19-13-10-14-20-60)27-32-79(71)88-82-30-25-63(68-41-55(5)35-56(6)42-68)47-74(82)75-48-64(26-31-83(75)88)69-43-57(7)36-58(8)44-69/h9-50H,1-8H3. The second-order valence-corrected chi connectivity index (χ2v) is 24.5. The van der Waals surface area contributed by atoms with E-state index in [-0.39, 0.29) is 0 Å². The maximum Gasteiger partial charge on any atom is 0.160 e. The predicted molar refractivity (Wildman–Crippen MR) is 372 cm³/mol. The average Bonchev–Trinajstić information content (AvgIpc) is 1.62. The molecule has 4 nitrogen and oxygen atoms in total. The molecule has 0 radical (unpaired) electrons. The number of benzene rings is 12. The van der Waals surface area contributed by atoms with Crippen LogP contribution in [0.1, 0.15) is 44.5 Å². The van der Waals surface area contributed by atoms with Gasteiger partial charge in [-0.25, -0.2) is 9.97 Å². The molecule has 4 heteroatoms. The Morgan fingerprint density at radius 1 is 0.216 bits per heavy atom. The molecule has 0 saturated heterocycles. The quantitative estimate of drug-likeness (QED) is 0.137. The van der Waals surface area contributed by atoms with Crippen LogP contribution in [-0.4, -0.2) is 19.1 Å². The van der Waals surface area contributed by atoms with Gasteiger partial charge in [-0.2, -0.15) is 0 Å². The molecule has 0 aliphatic heterocycles. The minimum absolute atomic E-state index is 0.651. The van der Waals surface area contributed by atoms with Crippen LogP contribution in [0.25, 0.3) is 145 Å². The fourth-order valence-corrected chi connectivity index (χ4v) is 13.9. The lowest BCUT2D eigenvalue weighted by molar-refractivity contribution is 1.15. The van der Waals surface area contributed by atoms with Crippen molar-refractivity contribution in [2.75, 3.05) is 0 Å². The smallest absolute Gasteiger partial charge is 0.160 e. The van der Waals surface area contributed by atoms with Gasteiger partial charge in [-0.05, 0) is 179 Å². The van der Waals surface area contributed by atoms with Crippen molar-refractivity contribution in [1.29, 1.82) is 0 Å². The van der Waals surface area contributed by atoms with Crippen molar-refractivity contribution in [3.05, 3.63) is 299 Å². The zero-order chi connectivity index (χ0) is 59.9. The molecule has 15 rings (SSSR count). The van der Waals surface area contributed by atoms with Crippen molar-refractivity contribution in [2.45, 2.75) is 55.4 Å². The number of rotatable bonds is 10. The molecular weight excluding hydrogens is 1060 g/mol. The highest BCUT2D eigenvalue weighted by Crippen LogP contribution is 2.45. The Kier molecular flexibility index (Phi) is 13.3. The number of para-hydroxylation sites is 1. The molecule has 12 aromatic carbocycles. The van der Waals surface area contributed by atoms with Gasteiger partial charge in [0.1, 0.15) is 0 Å². The average molecular weight is 1130 g/mol. The maximum atomic E-state index is 5.45. The molecule has 0 saturated carbocycles. The topological polar surface area (TPSA) is 35.6 Å². The number of aromatic nitrogens is 4. The fourth-order valence-electron chi connectivity index (χ4n) is 13.9. The van der Waals surface area contributed by atoms with Crippen LogP contribution in [0.3, 0.4) is 0 Å². The van der Waals surface area contributed by atoms with Gasteiger partial charge in [-0.15, -0.1) is 0 Å². The van der Waals surface area contributed by atoms with Crippen molar-refractivity contribution < 1.29 is 0 Å². The van der Waals surface area contributed by atoms with E-state index in [1.165, 1.54) is 111 Å². The van der Waals surface area contributed by atoms with Crippen LogP contribution in [0.2, 0.25) is 0 Å². The highest BCUT2D eigenvalue weighted by Gasteiger charge is 2.24. The fraction of sp³-hybridized carbons (Fsp3) is 0.0952. The van der Waals surface area contributed by atoms with Crippen molar-refractivity contribution >= 4 is 43.6 Å². The molecule has 0 aliphatic rings. The minimum Gasteiger partial charge on any atom is -0.309 e. The third-order valence-electron chi connectivity index (χ3n) is 17.5. The molecular formula is C84H66N4. The van der Waals surface area contributed by atoms with E-state index in [0.29, 0.717) is 5.82 Å². The van der Waals surface area contributed by atoms with E-state index < -0.39 is 0 Å². The lowest BCUT2D eigenvalue weighted by Crippen LogP contribution is -2.03. The van der Waals surface area contributed by atoms with Crippen LogP contribution in [0.15, 0.2) is 255 Å². The Bertz CT molecular complexity index is 4930. The summed E-state index contributed by atoms with van der Waals surface area (Å²) < 4.78 is 5.01. The van der Waals surface area contributed by atoms with Gasteiger partial charge in [-0.3, -0.25) is 0 Å². The first-order valence-corrected chi connectivity index (χ1v) is 30.6. The first-order valence-electron chi connectivity index (χ1n) is 30.6. The minimum atomic E-state index is 0.651. The molecule has 0 unspecified atom stereocenters. The van der Waals surface area contributed by atoms with Gasteiger partial charge in [-0.1, -0.05) is 220 Å². The summed E-state index contributed by atoms with van der Waals surface area (Å²) in [5, 5.41) is 4.77. The molecule has 422 valence electrons. The van der Waals surface area contributed by atoms with Crippen molar-refractivity contribution in [2.24, 2.45) is 0 Å². The van der Waals surface area contributed by atoms with E-state index in [9.17, 15) is 0 Å². The monoisotopic (exact) mass is 1130 g/mol. The number of hydrogen-bond donors (Lipinski definition) is 0. The van der Waals surface area contributed by atoms with Crippen molar-refractivity contribution in [3.63, 3.8) is 0 Å². The third-order valence-corrected chi connectivity index (χ3v) is 17.5. The first-order chi connectivity index (χ1) is 42.8. The van der Waals surface area contributed by atoms with Gasteiger partial charge in [0.15, 0.2) is 5.82 Å². The molecule has 0 N–H and O–H groups in total. The van der Waals surface area contributed by atoms with Gasteiger partial charge in [0.2, 0.25) is 0 Å². The SMILES string of the molecule is Cc1cc(C)cc(-c2ccc3c(c2)c2cc(-c4cc(C)cc(C)c4)ccc2n3-c2ccccc2-c2cc(-c3nc(-c4ccccc4)cc(-c4ccccc4)n3)ccc2-n2c3ccc(-c4cc(C)cc(C)c4)cc3c3cc(-c4cc(C)cc(C)c4)ccc32)c1. The van der Waals surface area contributed by atoms with Gasteiger partial charge in [0.25, 0.3) is 0 Å². The van der Waals surface area contributed by atoms with Crippen LogP contribution < -0.4 is 0 Å². The molecule has 0 amide bonds. The van der Waals surface area contributed by atoms with E-state index in [0.717, 1.165) is 72.6 Å². The molecule has 0 bridgehead atoms. The molecule has 3 heterocycles. The first kappa shape index (κ1) is 54.0. The summed E-state index contributed by atoms with van der Waals surface area (Å²) in [5.41, 5.74) is 33.1. The van der Waals surface area contributed by atoms with Gasteiger partial charge >= 0.3 is 0 Å². The Morgan fingerprint density at radius 2 is 0.523 bits per heavy atom. The van der Waals surface area contributed by atoms with Gasteiger partial charge in [0, 0.05) is 49.4 Å². The second kappa shape index (κ2) is 21.7. The Hall–Kier alpha value is -10.7. The number of aryl methyl sites for hydroxylation is 8. The summed E-state index contributed by atoms with van der Waals surface area (Å²) in [5.74, 6) is 0.651. The number of nitrogens with zero attached hydrogens (tertiary/aromatic N) is 4. The zero-order valence-corrected chi connectivity index (χ0v) is 51.0. The highest BCUT2D eigenvalue weighted by molar-refractivity contribution is 6.14. The van der Waals surface area contributed by atoms with E-state index in [2.05, 4.69) is 319 Å². The zero-order valence-electron chi connectivity index (χ0n) is 51.0. The summed E-state index contributed by atoms with van der Waals surface area (Å²) in [7, 11) is 0.